The fourth-order valence-corrected chi connectivity index (χ4v) is 4.61. The van der Waals surface area contributed by atoms with Crippen molar-refractivity contribution in [2.24, 2.45) is 0 Å². The summed E-state index contributed by atoms with van der Waals surface area (Å²) in [6, 6.07) is 11.2. The molecule has 3 aromatic rings. The smallest absolute Gasteiger partial charge is 0.248 e. The van der Waals surface area contributed by atoms with Gasteiger partial charge in [-0.15, -0.1) is 6.42 Å². The third-order valence-electron chi connectivity index (χ3n) is 6.55. The number of amides is 1. The molecule has 3 heterocycles. The fourth-order valence-electron chi connectivity index (χ4n) is 4.61. The Morgan fingerprint density at radius 2 is 2.11 bits per heavy atom. The van der Waals surface area contributed by atoms with Crippen LogP contribution in [0.4, 0.5) is 17.2 Å². The van der Waals surface area contributed by atoms with Crippen LogP contribution in [0, 0.1) is 12.3 Å². The maximum atomic E-state index is 12.9. The van der Waals surface area contributed by atoms with Crippen molar-refractivity contribution >= 4 is 34.0 Å². The molecule has 2 aliphatic rings. The zero-order valence-corrected chi connectivity index (χ0v) is 20.8. The summed E-state index contributed by atoms with van der Waals surface area (Å²) in [5.74, 6) is 3.59. The molecule has 1 unspecified atom stereocenters. The number of terminal acetylenes is 1. The minimum Gasteiger partial charge on any atom is -0.486 e. The Labute approximate surface area is 217 Å². The number of hydrogen-bond donors (Lipinski definition) is 2. The first kappa shape index (κ1) is 24.8. The predicted molar refractivity (Wildman–Crippen MR) is 145 cm³/mol. The molecule has 1 atom stereocenters. The van der Waals surface area contributed by atoms with E-state index in [2.05, 4.69) is 31.4 Å². The molecule has 8 nitrogen and oxygen atoms in total. The molecule has 0 saturated carbocycles. The predicted octanol–water partition coefficient (Wildman–Crippen LogP) is 4.50. The lowest BCUT2D eigenvalue weighted by Gasteiger charge is -2.24. The number of ether oxygens (including phenoxy) is 2. The molecule has 2 fully saturated rings. The minimum atomic E-state index is -0.211. The SMILES string of the molecule is C#Cc1cccc(Nc2ncnc3cc(OC4CCOC4)c(NC(=O)C=CCN4CCCCC4)cc23)c1. The van der Waals surface area contributed by atoms with Gasteiger partial charge in [0.15, 0.2) is 0 Å². The molecule has 0 aliphatic carbocycles. The van der Waals surface area contributed by atoms with Crippen molar-refractivity contribution < 1.29 is 14.3 Å². The summed E-state index contributed by atoms with van der Waals surface area (Å²) in [4.78, 5) is 24.1. The van der Waals surface area contributed by atoms with Crippen LogP contribution in [0.1, 0.15) is 31.2 Å². The van der Waals surface area contributed by atoms with Gasteiger partial charge in [-0.25, -0.2) is 9.97 Å². The van der Waals surface area contributed by atoms with E-state index in [9.17, 15) is 4.79 Å². The zero-order chi connectivity index (χ0) is 25.5. The Balaban J connectivity index is 1.41. The monoisotopic (exact) mass is 497 g/mol. The molecule has 1 amide bonds. The van der Waals surface area contributed by atoms with Crippen LogP contribution in [0.3, 0.4) is 0 Å². The van der Waals surface area contributed by atoms with E-state index >= 15 is 0 Å². The number of likely N-dealkylation sites (tertiary alicyclic amines) is 1. The number of piperidine rings is 1. The molecule has 190 valence electrons. The van der Waals surface area contributed by atoms with Gasteiger partial charge in [-0.05, 0) is 50.2 Å². The van der Waals surface area contributed by atoms with Gasteiger partial charge in [0.1, 0.15) is 24.0 Å². The molecule has 2 aromatic carbocycles. The molecule has 2 N–H and O–H groups in total. The zero-order valence-electron chi connectivity index (χ0n) is 20.8. The summed E-state index contributed by atoms with van der Waals surface area (Å²) in [6.45, 7) is 4.11. The average Bonchev–Trinajstić information content (AvgIpc) is 3.43. The van der Waals surface area contributed by atoms with Gasteiger partial charge >= 0.3 is 0 Å². The first-order valence-electron chi connectivity index (χ1n) is 12.7. The highest BCUT2D eigenvalue weighted by atomic mass is 16.5. The highest BCUT2D eigenvalue weighted by Gasteiger charge is 2.21. The molecule has 5 rings (SSSR count). The highest BCUT2D eigenvalue weighted by molar-refractivity contribution is 6.03. The van der Waals surface area contributed by atoms with Crippen molar-refractivity contribution in [3.8, 4) is 18.1 Å². The van der Waals surface area contributed by atoms with Crippen molar-refractivity contribution in [2.45, 2.75) is 31.8 Å². The molecule has 0 bridgehead atoms. The van der Waals surface area contributed by atoms with E-state index < -0.39 is 0 Å². The highest BCUT2D eigenvalue weighted by Crippen LogP contribution is 2.34. The van der Waals surface area contributed by atoms with Gasteiger partial charge in [-0.1, -0.05) is 24.5 Å². The number of hydrogen-bond acceptors (Lipinski definition) is 7. The summed E-state index contributed by atoms with van der Waals surface area (Å²) >= 11 is 0. The molecule has 0 spiro atoms. The van der Waals surface area contributed by atoms with Crippen LogP contribution in [0.25, 0.3) is 10.9 Å². The molecular formula is C29H31N5O3. The number of fused-ring (bicyclic) bond motifs is 1. The van der Waals surface area contributed by atoms with E-state index in [-0.39, 0.29) is 12.0 Å². The van der Waals surface area contributed by atoms with Crippen molar-refractivity contribution in [1.29, 1.82) is 0 Å². The summed E-state index contributed by atoms with van der Waals surface area (Å²) in [5, 5.41) is 7.08. The fraction of sp³-hybridized carbons (Fsp3) is 0.345. The Morgan fingerprint density at radius 3 is 2.92 bits per heavy atom. The number of nitrogens with one attached hydrogen (secondary N) is 2. The second-order valence-corrected chi connectivity index (χ2v) is 9.29. The van der Waals surface area contributed by atoms with E-state index in [4.69, 9.17) is 15.9 Å². The molecule has 2 aliphatic heterocycles. The molecule has 1 aromatic heterocycles. The van der Waals surface area contributed by atoms with E-state index in [1.807, 2.05) is 42.5 Å². The van der Waals surface area contributed by atoms with Crippen LogP contribution in [-0.2, 0) is 9.53 Å². The topological polar surface area (TPSA) is 88.6 Å². The van der Waals surface area contributed by atoms with E-state index in [1.165, 1.54) is 25.6 Å². The third kappa shape index (κ3) is 6.45. The van der Waals surface area contributed by atoms with Crippen LogP contribution in [0.15, 0.2) is 54.9 Å². The van der Waals surface area contributed by atoms with Crippen molar-refractivity contribution in [2.75, 3.05) is 43.5 Å². The van der Waals surface area contributed by atoms with Crippen LogP contribution < -0.4 is 15.4 Å². The van der Waals surface area contributed by atoms with Crippen LogP contribution in [0.2, 0.25) is 0 Å². The van der Waals surface area contributed by atoms with E-state index in [1.54, 1.807) is 6.08 Å². The number of aromatic nitrogens is 2. The quantitative estimate of drug-likeness (QED) is 0.350. The average molecular weight is 498 g/mol. The molecular weight excluding hydrogens is 466 g/mol. The number of nitrogens with zero attached hydrogens (tertiary/aromatic N) is 3. The van der Waals surface area contributed by atoms with Crippen molar-refractivity contribution in [3.63, 3.8) is 0 Å². The van der Waals surface area contributed by atoms with Crippen LogP contribution >= 0.6 is 0 Å². The Kier molecular flexibility index (Phi) is 7.94. The second kappa shape index (κ2) is 11.9. The van der Waals surface area contributed by atoms with Gasteiger partial charge in [-0.2, -0.15) is 0 Å². The summed E-state index contributed by atoms with van der Waals surface area (Å²) in [7, 11) is 0. The van der Waals surface area contributed by atoms with Gasteiger partial charge in [0.2, 0.25) is 5.91 Å². The van der Waals surface area contributed by atoms with E-state index in [0.29, 0.717) is 36.0 Å². The summed E-state index contributed by atoms with van der Waals surface area (Å²) in [6.07, 6.45) is 15.0. The van der Waals surface area contributed by atoms with E-state index in [0.717, 1.165) is 42.7 Å². The normalized spacial score (nSPS) is 18.1. The summed E-state index contributed by atoms with van der Waals surface area (Å²) < 4.78 is 11.7. The van der Waals surface area contributed by atoms with Crippen LogP contribution in [-0.4, -0.2) is 59.7 Å². The maximum Gasteiger partial charge on any atom is 0.248 e. The molecule has 37 heavy (non-hydrogen) atoms. The van der Waals surface area contributed by atoms with Gasteiger partial charge in [0.25, 0.3) is 0 Å². The molecule has 2 saturated heterocycles. The summed E-state index contributed by atoms with van der Waals surface area (Å²) in [5.41, 5.74) is 2.83. The Bertz CT molecular complexity index is 1320. The number of benzene rings is 2. The first-order chi connectivity index (χ1) is 18.2. The Morgan fingerprint density at radius 1 is 1.22 bits per heavy atom. The van der Waals surface area contributed by atoms with Crippen LogP contribution in [0.5, 0.6) is 5.75 Å². The molecule has 0 radical (unpaired) electrons. The van der Waals surface area contributed by atoms with Crippen molar-refractivity contribution in [1.82, 2.24) is 14.9 Å². The number of anilines is 3. The molecule has 8 heteroatoms. The lowest BCUT2D eigenvalue weighted by Crippen LogP contribution is -2.29. The number of carbonyl (C=O) groups excluding carboxylic acids is 1. The minimum absolute atomic E-state index is 0.0753. The van der Waals surface area contributed by atoms with Gasteiger partial charge < -0.3 is 20.1 Å². The number of rotatable bonds is 8. The third-order valence-corrected chi connectivity index (χ3v) is 6.55. The lowest BCUT2D eigenvalue weighted by molar-refractivity contribution is -0.111. The Hall–Kier alpha value is -3.93. The lowest BCUT2D eigenvalue weighted by atomic mass is 10.1. The maximum absolute atomic E-state index is 12.9. The van der Waals surface area contributed by atoms with Gasteiger partial charge in [0.05, 0.1) is 24.4 Å². The van der Waals surface area contributed by atoms with Crippen molar-refractivity contribution in [3.05, 3.63) is 60.4 Å². The standard InChI is InChI=1S/C29H31N5O3/c1-2-21-8-6-9-22(16-21)32-29-24-17-26(33-28(35)10-7-14-34-12-4-3-5-13-34)27(18-25(24)30-20-31-29)37-23-11-15-36-19-23/h1,6-10,16-18,20,23H,3-5,11-15,19H2,(H,33,35)(H,30,31,32). The second-order valence-electron chi connectivity index (χ2n) is 9.29. The largest absolute Gasteiger partial charge is 0.486 e. The van der Waals surface area contributed by atoms with Gasteiger partial charge in [0, 0.05) is 41.7 Å². The van der Waals surface area contributed by atoms with Gasteiger partial charge in [-0.3, -0.25) is 9.69 Å². The number of carbonyl (C=O) groups is 1. The first-order valence-corrected chi connectivity index (χ1v) is 12.7.